The van der Waals surface area contributed by atoms with E-state index < -0.39 is 0 Å². The molecule has 0 aliphatic heterocycles. The van der Waals surface area contributed by atoms with Gasteiger partial charge < -0.3 is 10.2 Å². The van der Waals surface area contributed by atoms with Gasteiger partial charge in [-0.2, -0.15) is 5.10 Å². The summed E-state index contributed by atoms with van der Waals surface area (Å²) in [6.45, 7) is 0. The van der Waals surface area contributed by atoms with Gasteiger partial charge in [-0.25, -0.2) is 0 Å². The maximum atomic E-state index is 5.19. The number of nitrogens with one attached hydrogen (secondary N) is 1. The van der Waals surface area contributed by atoms with E-state index in [2.05, 4.69) is 10.5 Å². The molecule has 0 radical (unpaired) electrons. The number of hydrazone groups is 1. The van der Waals surface area contributed by atoms with Crippen molar-refractivity contribution in [3.05, 3.63) is 29.8 Å². The Morgan fingerprint density at radius 1 is 1.46 bits per heavy atom. The fourth-order valence-electron chi connectivity index (χ4n) is 1.11. The van der Waals surface area contributed by atoms with Crippen LogP contribution in [0.15, 0.2) is 29.4 Å². The Hall–Kier alpha value is -1.51. The topological polar surface area (TPSA) is 33.6 Å². The smallest absolute Gasteiger partial charge is 0.122 e. The van der Waals surface area contributed by atoms with Crippen LogP contribution in [0.4, 0.5) is 0 Å². The molecule has 0 atom stereocenters. The molecule has 0 amide bonds. The van der Waals surface area contributed by atoms with Crippen LogP contribution in [-0.2, 0) is 6.42 Å². The molecule has 0 fully saturated rings. The van der Waals surface area contributed by atoms with Crippen LogP contribution in [0.3, 0.4) is 0 Å². The minimum absolute atomic E-state index is 0.783. The van der Waals surface area contributed by atoms with Crippen molar-refractivity contribution in [3.8, 4) is 5.75 Å². The molecule has 0 aliphatic carbocycles. The highest BCUT2D eigenvalue weighted by Gasteiger charge is 1.97. The molecule has 1 rings (SSSR count). The zero-order chi connectivity index (χ0) is 9.52. The Bertz CT molecular complexity index is 284. The molecule has 0 heterocycles. The second kappa shape index (κ2) is 5.19. The summed E-state index contributed by atoms with van der Waals surface area (Å²) in [6, 6.07) is 7.92. The average molecular weight is 178 g/mol. The van der Waals surface area contributed by atoms with Crippen LogP contribution < -0.4 is 10.2 Å². The third kappa shape index (κ3) is 2.78. The molecule has 0 aromatic heterocycles. The maximum absolute atomic E-state index is 5.19. The monoisotopic (exact) mass is 178 g/mol. The lowest BCUT2D eigenvalue weighted by molar-refractivity contribution is 0.411. The molecule has 70 valence electrons. The fraction of sp³-hybridized carbons (Fsp3) is 0.300. The van der Waals surface area contributed by atoms with Crippen molar-refractivity contribution in [2.45, 2.75) is 6.42 Å². The van der Waals surface area contributed by atoms with Gasteiger partial charge in [-0.3, -0.25) is 0 Å². The van der Waals surface area contributed by atoms with E-state index in [1.165, 1.54) is 0 Å². The summed E-state index contributed by atoms with van der Waals surface area (Å²) >= 11 is 0. The van der Waals surface area contributed by atoms with E-state index in [9.17, 15) is 0 Å². The summed E-state index contributed by atoms with van der Waals surface area (Å²) < 4.78 is 5.19. The molecule has 13 heavy (non-hydrogen) atoms. The van der Waals surface area contributed by atoms with E-state index in [1.807, 2.05) is 30.5 Å². The van der Waals surface area contributed by atoms with Crippen molar-refractivity contribution in [2.24, 2.45) is 5.10 Å². The fourth-order valence-corrected chi connectivity index (χ4v) is 1.11. The summed E-state index contributed by atoms with van der Waals surface area (Å²) in [5.41, 5.74) is 3.85. The molecule has 0 bridgehead atoms. The highest BCUT2D eigenvalue weighted by Crippen LogP contribution is 2.16. The van der Waals surface area contributed by atoms with Crippen LogP contribution in [0.5, 0.6) is 5.75 Å². The van der Waals surface area contributed by atoms with Gasteiger partial charge in [0, 0.05) is 19.7 Å². The Balaban J connectivity index is 2.69. The molecule has 1 aromatic carbocycles. The molecule has 1 aromatic rings. The van der Waals surface area contributed by atoms with E-state index >= 15 is 0 Å². The summed E-state index contributed by atoms with van der Waals surface area (Å²) in [5.74, 6) is 0.907. The van der Waals surface area contributed by atoms with Crippen molar-refractivity contribution >= 4 is 6.21 Å². The third-order valence-corrected chi connectivity index (χ3v) is 1.72. The maximum Gasteiger partial charge on any atom is 0.122 e. The van der Waals surface area contributed by atoms with Gasteiger partial charge in [-0.05, 0) is 11.6 Å². The molecular weight excluding hydrogens is 164 g/mol. The van der Waals surface area contributed by atoms with Crippen molar-refractivity contribution in [3.63, 3.8) is 0 Å². The lowest BCUT2D eigenvalue weighted by Crippen LogP contribution is -1.97. The molecule has 1 N–H and O–H groups in total. The lowest BCUT2D eigenvalue weighted by Gasteiger charge is -2.04. The number of ether oxygens (including phenoxy) is 1. The van der Waals surface area contributed by atoms with Gasteiger partial charge in [0.25, 0.3) is 0 Å². The number of nitrogens with zero attached hydrogens (tertiary/aromatic N) is 1. The summed E-state index contributed by atoms with van der Waals surface area (Å²) in [6.07, 6.45) is 2.60. The number of rotatable bonds is 4. The van der Waals surface area contributed by atoms with E-state index in [1.54, 1.807) is 14.2 Å². The zero-order valence-electron chi connectivity index (χ0n) is 7.95. The lowest BCUT2D eigenvalue weighted by atomic mass is 10.1. The first-order valence-corrected chi connectivity index (χ1v) is 4.18. The average Bonchev–Trinajstić information content (AvgIpc) is 2.19. The van der Waals surface area contributed by atoms with Gasteiger partial charge in [-0.1, -0.05) is 18.2 Å². The van der Waals surface area contributed by atoms with Gasteiger partial charge in [0.1, 0.15) is 5.75 Å². The quantitative estimate of drug-likeness (QED) is 0.559. The van der Waals surface area contributed by atoms with Crippen molar-refractivity contribution in [2.75, 3.05) is 14.2 Å². The van der Waals surface area contributed by atoms with Crippen LogP contribution in [0.2, 0.25) is 0 Å². The number of methoxy groups -OCH3 is 1. The SMILES string of the molecule is CN/N=C/Cc1ccccc1OC. The Labute approximate surface area is 78.4 Å². The van der Waals surface area contributed by atoms with Gasteiger partial charge in [0.05, 0.1) is 7.11 Å². The van der Waals surface area contributed by atoms with Crippen molar-refractivity contribution < 1.29 is 4.74 Å². The molecule has 0 unspecified atom stereocenters. The molecule has 3 heteroatoms. The Kier molecular flexibility index (Phi) is 3.82. The van der Waals surface area contributed by atoms with E-state index in [-0.39, 0.29) is 0 Å². The van der Waals surface area contributed by atoms with E-state index in [0.717, 1.165) is 17.7 Å². The first kappa shape index (κ1) is 9.58. The van der Waals surface area contributed by atoms with Crippen LogP contribution >= 0.6 is 0 Å². The van der Waals surface area contributed by atoms with Gasteiger partial charge in [-0.15, -0.1) is 0 Å². The standard InChI is InChI=1S/C10H14N2O/c1-11-12-8-7-9-5-3-4-6-10(9)13-2/h3-6,8,11H,7H2,1-2H3/b12-8+. The summed E-state index contributed by atoms with van der Waals surface area (Å²) in [7, 11) is 3.45. The van der Waals surface area contributed by atoms with Gasteiger partial charge in [0.15, 0.2) is 0 Å². The Morgan fingerprint density at radius 2 is 2.23 bits per heavy atom. The third-order valence-electron chi connectivity index (χ3n) is 1.72. The van der Waals surface area contributed by atoms with Crippen molar-refractivity contribution in [1.29, 1.82) is 0 Å². The normalized spacial score (nSPS) is 10.3. The second-order valence-electron chi connectivity index (χ2n) is 2.55. The Morgan fingerprint density at radius 3 is 2.92 bits per heavy atom. The van der Waals surface area contributed by atoms with Crippen LogP contribution in [0.1, 0.15) is 5.56 Å². The van der Waals surface area contributed by atoms with Crippen LogP contribution in [-0.4, -0.2) is 20.4 Å². The first-order valence-electron chi connectivity index (χ1n) is 4.18. The predicted molar refractivity (Wildman–Crippen MR) is 54.2 cm³/mol. The molecule has 0 saturated heterocycles. The van der Waals surface area contributed by atoms with Crippen molar-refractivity contribution in [1.82, 2.24) is 5.43 Å². The number of para-hydroxylation sites is 1. The highest BCUT2D eigenvalue weighted by molar-refractivity contribution is 5.62. The zero-order valence-corrected chi connectivity index (χ0v) is 7.95. The van der Waals surface area contributed by atoms with Gasteiger partial charge in [0.2, 0.25) is 0 Å². The first-order chi connectivity index (χ1) is 6.38. The minimum Gasteiger partial charge on any atom is -0.496 e. The number of hydrogen-bond donors (Lipinski definition) is 1. The largest absolute Gasteiger partial charge is 0.496 e. The van der Waals surface area contributed by atoms with E-state index in [0.29, 0.717) is 0 Å². The second-order valence-corrected chi connectivity index (χ2v) is 2.55. The van der Waals surface area contributed by atoms with Crippen LogP contribution in [0.25, 0.3) is 0 Å². The molecule has 0 spiro atoms. The molecular formula is C10H14N2O. The highest BCUT2D eigenvalue weighted by atomic mass is 16.5. The molecule has 3 nitrogen and oxygen atoms in total. The summed E-state index contributed by atoms with van der Waals surface area (Å²) in [5, 5.41) is 3.91. The number of hydrogen-bond acceptors (Lipinski definition) is 3. The minimum atomic E-state index is 0.783. The van der Waals surface area contributed by atoms with Crippen LogP contribution in [0, 0.1) is 0 Å². The molecule has 0 aliphatic rings. The summed E-state index contributed by atoms with van der Waals surface area (Å²) in [4.78, 5) is 0. The predicted octanol–water partition coefficient (Wildman–Crippen LogP) is 1.44. The van der Waals surface area contributed by atoms with E-state index in [4.69, 9.17) is 4.74 Å². The molecule has 0 saturated carbocycles. The number of benzene rings is 1. The van der Waals surface area contributed by atoms with Gasteiger partial charge >= 0.3 is 0 Å².